The number of rotatable bonds is 6. The van der Waals surface area contributed by atoms with Gasteiger partial charge in [0.1, 0.15) is 0 Å². The first-order chi connectivity index (χ1) is 10.9. The molecule has 0 bridgehead atoms. The zero-order valence-corrected chi connectivity index (χ0v) is 14.7. The molecular formula is C16H29N5O2. The molecule has 2 amide bonds. The third kappa shape index (κ3) is 5.84. The SMILES string of the molecule is CC(C)CN1CCO[C@H](CNC(=O)N(C)Cc2cnn(C)c2)C1. The van der Waals surface area contributed by atoms with E-state index in [1.54, 1.807) is 22.8 Å². The maximum absolute atomic E-state index is 12.2. The molecule has 1 saturated heterocycles. The number of carbonyl (C=O) groups is 1. The quantitative estimate of drug-likeness (QED) is 0.845. The van der Waals surface area contributed by atoms with Crippen molar-refractivity contribution < 1.29 is 9.53 Å². The van der Waals surface area contributed by atoms with Crippen LogP contribution in [0.25, 0.3) is 0 Å². The molecule has 1 aliphatic heterocycles. The highest BCUT2D eigenvalue weighted by Gasteiger charge is 2.22. The predicted octanol–water partition coefficient (Wildman–Crippen LogP) is 0.918. The molecule has 23 heavy (non-hydrogen) atoms. The minimum absolute atomic E-state index is 0.0678. The second-order valence-electron chi connectivity index (χ2n) is 6.71. The highest BCUT2D eigenvalue weighted by Crippen LogP contribution is 2.08. The molecule has 0 aliphatic carbocycles. The fourth-order valence-electron chi connectivity index (χ4n) is 2.82. The van der Waals surface area contributed by atoms with Crippen LogP contribution in [0, 0.1) is 5.92 Å². The Balaban J connectivity index is 1.72. The van der Waals surface area contributed by atoms with Gasteiger partial charge in [-0.15, -0.1) is 0 Å². The second kappa shape index (κ2) is 8.31. The average Bonchev–Trinajstić information content (AvgIpc) is 2.89. The molecule has 0 radical (unpaired) electrons. The molecule has 0 aromatic carbocycles. The van der Waals surface area contributed by atoms with Crippen molar-refractivity contribution in [2.45, 2.75) is 26.5 Å². The Morgan fingerprint density at radius 2 is 2.35 bits per heavy atom. The van der Waals surface area contributed by atoms with E-state index in [4.69, 9.17) is 4.74 Å². The van der Waals surface area contributed by atoms with E-state index in [0.29, 0.717) is 19.0 Å². The van der Waals surface area contributed by atoms with Crippen LogP contribution in [0.15, 0.2) is 12.4 Å². The van der Waals surface area contributed by atoms with Gasteiger partial charge < -0.3 is 15.0 Å². The lowest BCUT2D eigenvalue weighted by Gasteiger charge is -2.34. The van der Waals surface area contributed by atoms with Crippen LogP contribution in [0.1, 0.15) is 19.4 Å². The molecule has 2 rings (SSSR count). The average molecular weight is 323 g/mol. The minimum Gasteiger partial charge on any atom is -0.374 e. The fourth-order valence-corrected chi connectivity index (χ4v) is 2.82. The summed E-state index contributed by atoms with van der Waals surface area (Å²) in [7, 11) is 3.65. The van der Waals surface area contributed by atoms with Crippen molar-refractivity contribution in [2.75, 3.05) is 39.8 Å². The Hall–Kier alpha value is -1.60. The summed E-state index contributed by atoms with van der Waals surface area (Å²) in [4.78, 5) is 16.2. The van der Waals surface area contributed by atoms with Crippen molar-refractivity contribution >= 4 is 6.03 Å². The summed E-state index contributed by atoms with van der Waals surface area (Å²) in [6.45, 7) is 9.20. The molecule has 1 fully saturated rings. The Bertz CT molecular complexity index is 502. The highest BCUT2D eigenvalue weighted by molar-refractivity contribution is 5.73. The Kier molecular flexibility index (Phi) is 6.41. The third-order valence-electron chi connectivity index (χ3n) is 3.85. The van der Waals surface area contributed by atoms with Gasteiger partial charge in [0, 0.05) is 52.0 Å². The van der Waals surface area contributed by atoms with Gasteiger partial charge in [-0.05, 0) is 5.92 Å². The smallest absolute Gasteiger partial charge is 0.317 e. The Morgan fingerprint density at radius 1 is 1.57 bits per heavy atom. The van der Waals surface area contributed by atoms with Crippen LogP contribution in [0.4, 0.5) is 4.79 Å². The van der Waals surface area contributed by atoms with Crippen molar-refractivity contribution in [1.82, 2.24) is 24.9 Å². The molecule has 1 atom stereocenters. The van der Waals surface area contributed by atoms with Gasteiger partial charge in [0.15, 0.2) is 0 Å². The maximum Gasteiger partial charge on any atom is 0.317 e. The van der Waals surface area contributed by atoms with E-state index in [9.17, 15) is 4.79 Å². The van der Waals surface area contributed by atoms with Crippen LogP contribution in [-0.4, -0.2) is 71.5 Å². The Morgan fingerprint density at radius 3 is 3.00 bits per heavy atom. The molecular weight excluding hydrogens is 294 g/mol. The first kappa shape index (κ1) is 17.7. The van der Waals surface area contributed by atoms with Gasteiger partial charge >= 0.3 is 6.03 Å². The van der Waals surface area contributed by atoms with E-state index in [-0.39, 0.29) is 12.1 Å². The first-order valence-electron chi connectivity index (χ1n) is 8.24. The highest BCUT2D eigenvalue weighted by atomic mass is 16.5. The maximum atomic E-state index is 12.2. The standard InChI is InChI=1S/C16H29N5O2/c1-13(2)9-21-5-6-23-15(12-21)8-17-16(22)19(3)10-14-7-18-20(4)11-14/h7,11,13,15H,5-6,8-10,12H2,1-4H3,(H,17,22)/t15-/m1/s1. The van der Waals surface area contributed by atoms with E-state index >= 15 is 0 Å². The molecule has 130 valence electrons. The molecule has 0 saturated carbocycles. The number of aryl methyl sites for hydroxylation is 1. The number of aromatic nitrogens is 2. The second-order valence-corrected chi connectivity index (χ2v) is 6.71. The van der Waals surface area contributed by atoms with Crippen LogP contribution in [0.3, 0.4) is 0 Å². The molecule has 2 heterocycles. The number of hydrogen-bond acceptors (Lipinski definition) is 4. The van der Waals surface area contributed by atoms with Crippen molar-refractivity contribution in [3.05, 3.63) is 18.0 Å². The number of urea groups is 1. The summed E-state index contributed by atoms with van der Waals surface area (Å²) >= 11 is 0. The van der Waals surface area contributed by atoms with E-state index in [0.717, 1.165) is 31.8 Å². The lowest BCUT2D eigenvalue weighted by molar-refractivity contribution is -0.0293. The summed E-state index contributed by atoms with van der Waals surface area (Å²) in [5.74, 6) is 0.647. The molecule has 1 N–H and O–H groups in total. The number of nitrogens with one attached hydrogen (secondary N) is 1. The van der Waals surface area contributed by atoms with Gasteiger partial charge in [-0.3, -0.25) is 9.58 Å². The van der Waals surface area contributed by atoms with E-state index in [1.165, 1.54) is 0 Å². The van der Waals surface area contributed by atoms with Gasteiger partial charge in [0.05, 0.1) is 25.5 Å². The number of morpholine rings is 1. The first-order valence-corrected chi connectivity index (χ1v) is 8.24. The van der Waals surface area contributed by atoms with Gasteiger partial charge in [-0.2, -0.15) is 5.10 Å². The van der Waals surface area contributed by atoms with Gasteiger partial charge in [0.2, 0.25) is 0 Å². The van der Waals surface area contributed by atoms with E-state index in [1.807, 2.05) is 13.2 Å². The lowest BCUT2D eigenvalue weighted by atomic mass is 10.2. The van der Waals surface area contributed by atoms with E-state index < -0.39 is 0 Å². The molecule has 0 spiro atoms. The molecule has 7 heteroatoms. The zero-order valence-electron chi connectivity index (χ0n) is 14.7. The normalized spacial score (nSPS) is 19.1. The zero-order chi connectivity index (χ0) is 16.8. The summed E-state index contributed by atoms with van der Waals surface area (Å²) < 4.78 is 7.49. The summed E-state index contributed by atoms with van der Waals surface area (Å²) in [5.41, 5.74) is 1.02. The number of amides is 2. The number of ether oxygens (including phenoxy) is 1. The molecule has 1 aliphatic rings. The molecule has 1 aromatic heterocycles. The molecule has 7 nitrogen and oxygen atoms in total. The van der Waals surface area contributed by atoms with Gasteiger partial charge in [-0.25, -0.2) is 4.79 Å². The number of carbonyl (C=O) groups excluding carboxylic acids is 1. The largest absolute Gasteiger partial charge is 0.374 e. The van der Waals surface area contributed by atoms with Crippen molar-refractivity contribution in [3.8, 4) is 0 Å². The third-order valence-corrected chi connectivity index (χ3v) is 3.85. The number of nitrogens with zero attached hydrogens (tertiary/aromatic N) is 4. The van der Waals surface area contributed by atoms with Crippen LogP contribution in [-0.2, 0) is 18.3 Å². The van der Waals surface area contributed by atoms with E-state index in [2.05, 4.69) is 29.2 Å². The van der Waals surface area contributed by atoms with Crippen LogP contribution in [0.2, 0.25) is 0 Å². The fraction of sp³-hybridized carbons (Fsp3) is 0.750. The van der Waals surface area contributed by atoms with Gasteiger partial charge in [0.25, 0.3) is 0 Å². The number of hydrogen-bond donors (Lipinski definition) is 1. The minimum atomic E-state index is -0.0848. The van der Waals surface area contributed by atoms with Gasteiger partial charge in [-0.1, -0.05) is 13.8 Å². The summed E-state index contributed by atoms with van der Waals surface area (Å²) in [6, 6.07) is -0.0848. The van der Waals surface area contributed by atoms with Crippen molar-refractivity contribution in [3.63, 3.8) is 0 Å². The predicted molar refractivity (Wildman–Crippen MR) is 89.1 cm³/mol. The molecule has 0 unspecified atom stereocenters. The Labute approximate surface area is 138 Å². The monoisotopic (exact) mass is 323 g/mol. The van der Waals surface area contributed by atoms with Crippen LogP contribution in [0.5, 0.6) is 0 Å². The summed E-state index contributed by atoms with van der Waals surface area (Å²) in [5, 5.41) is 7.07. The topological polar surface area (TPSA) is 62.6 Å². The van der Waals surface area contributed by atoms with Crippen LogP contribution < -0.4 is 5.32 Å². The summed E-state index contributed by atoms with van der Waals surface area (Å²) in [6.07, 6.45) is 3.76. The van der Waals surface area contributed by atoms with Crippen molar-refractivity contribution in [2.24, 2.45) is 13.0 Å². The molecule has 1 aromatic rings. The van der Waals surface area contributed by atoms with Crippen LogP contribution >= 0.6 is 0 Å². The lowest BCUT2D eigenvalue weighted by Crippen LogP contribution is -2.49. The van der Waals surface area contributed by atoms with Crippen molar-refractivity contribution in [1.29, 1.82) is 0 Å².